The van der Waals surface area contributed by atoms with Crippen molar-refractivity contribution in [3.8, 4) is 5.75 Å². The summed E-state index contributed by atoms with van der Waals surface area (Å²) in [4.78, 5) is 13.2. The van der Waals surface area contributed by atoms with E-state index in [-0.39, 0.29) is 16.3 Å². The zero-order valence-corrected chi connectivity index (χ0v) is 17.8. The highest BCUT2D eigenvalue weighted by molar-refractivity contribution is 7.93. The Morgan fingerprint density at radius 3 is 2.03 bits per heavy atom. The molecule has 5 nitrogen and oxygen atoms in total. The summed E-state index contributed by atoms with van der Waals surface area (Å²) in [5.41, 5.74) is 2.87. The number of sulfonamides is 1. The van der Waals surface area contributed by atoms with Crippen molar-refractivity contribution in [2.24, 2.45) is 0 Å². The van der Waals surface area contributed by atoms with Crippen LogP contribution in [0.4, 0.5) is 5.69 Å². The molecule has 0 saturated carbocycles. The summed E-state index contributed by atoms with van der Waals surface area (Å²) in [5.74, 6) is -0.690. The van der Waals surface area contributed by atoms with Gasteiger partial charge < -0.3 is 5.11 Å². The van der Waals surface area contributed by atoms with E-state index in [9.17, 15) is 18.3 Å². The highest BCUT2D eigenvalue weighted by Crippen LogP contribution is 2.33. The molecule has 0 spiro atoms. The summed E-state index contributed by atoms with van der Waals surface area (Å²) >= 11 is 0. The number of carbonyl (C=O) groups excluding carboxylic acids is 1. The van der Waals surface area contributed by atoms with Crippen molar-refractivity contribution in [2.75, 3.05) is 4.31 Å². The van der Waals surface area contributed by atoms with Gasteiger partial charge in [0.2, 0.25) is 0 Å². The topological polar surface area (TPSA) is 74.7 Å². The van der Waals surface area contributed by atoms with Crippen molar-refractivity contribution in [3.63, 3.8) is 0 Å². The molecule has 30 heavy (non-hydrogen) atoms. The third-order valence-electron chi connectivity index (χ3n) is 4.66. The van der Waals surface area contributed by atoms with Gasteiger partial charge in [0.25, 0.3) is 15.9 Å². The normalized spacial score (nSPS) is 11.6. The van der Waals surface area contributed by atoms with E-state index < -0.39 is 15.9 Å². The third-order valence-corrected chi connectivity index (χ3v) is 6.37. The van der Waals surface area contributed by atoms with Crippen LogP contribution in [0.5, 0.6) is 5.75 Å². The SMILES string of the molecule is Cc1ccc(S(=O)(=O)N(C(=O)C=Cc2ccccc2)c2c(C)cc(O)cc2C)cc1. The van der Waals surface area contributed by atoms with E-state index in [0.29, 0.717) is 11.1 Å². The third kappa shape index (κ3) is 4.44. The molecule has 0 aliphatic rings. The molecular formula is C24H23NO4S. The highest BCUT2D eigenvalue weighted by atomic mass is 32.2. The summed E-state index contributed by atoms with van der Waals surface area (Å²) in [6.07, 6.45) is 2.82. The fraction of sp³-hybridized carbons (Fsp3) is 0.125. The van der Waals surface area contributed by atoms with Crippen LogP contribution in [-0.2, 0) is 14.8 Å². The number of nitrogens with zero attached hydrogens (tertiary/aromatic N) is 1. The second-order valence-electron chi connectivity index (χ2n) is 7.09. The maximum Gasteiger partial charge on any atom is 0.271 e. The summed E-state index contributed by atoms with van der Waals surface area (Å²) in [5, 5.41) is 9.87. The van der Waals surface area contributed by atoms with Gasteiger partial charge in [-0.2, -0.15) is 4.31 Å². The first-order valence-electron chi connectivity index (χ1n) is 9.39. The zero-order chi connectivity index (χ0) is 21.9. The smallest absolute Gasteiger partial charge is 0.271 e. The van der Waals surface area contributed by atoms with Crippen molar-refractivity contribution in [3.05, 3.63) is 95.1 Å². The molecule has 0 atom stereocenters. The molecule has 1 amide bonds. The van der Waals surface area contributed by atoms with Crippen molar-refractivity contribution < 1.29 is 18.3 Å². The Kier molecular flexibility index (Phi) is 6.08. The number of phenolic OH excluding ortho intramolecular Hbond substituents is 1. The maximum absolute atomic E-state index is 13.5. The van der Waals surface area contributed by atoms with Crippen LogP contribution in [0.3, 0.4) is 0 Å². The molecule has 3 aromatic carbocycles. The van der Waals surface area contributed by atoms with Gasteiger partial charge in [0.1, 0.15) is 5.75 Å². The molecule has 0 radical (unpaired) electrons. The molecule has 0 fully saturated rings. The molecule has 3 aromatic rings. The van der Waals surface area contributed by atoms with E-state index in [0.717, 1.165) is 15.4 Å². The average molecular weight is 422 g/mol. The van der Waals surface area contributed by atoms with Crippen LogP contribution in [-0.4, -0.2) is 19.4 Å². The van der Waals surface area contributed by atoms with E-state index in [2.05, 4.69) is 0 Å². The first-order chi connectivity index (χ1) is 14.2. The van der Waals surface area contributed by atoms with E-state index in [1.165, 1.54) is 30.3 Å². The monoisotopic (exact) mass is 421 g/mol. The minimum Gasteiger partial charge on any atom is -0.508 e. The van der Waals surface area contributed by atoms with E-state index in [4.69, 9.17) is 0 Å². The Morgan fingerprint density at radius 2 is 1.47 bits per heavy atom. The van der Waals surface area contributed by atoms with Crippen LogP contribution in [0.15, 0.2) is 77.7 Å². The number of amides is 1. The second kappa shape index (κ2) is 8.55. The van der Waals surface area contributed by atoms with Gasteiger partial charge in [-0.15, -0.1) is 0 Å². The minimum atomic E-state index is -4.18. The number of aryl methyl sites for hydroxylation is 3. The molecule has 3 rings (SSSR count). The molecule has 154 valence electrons. The van der Waals surface area contributed by atoms with Crippen LogP contribution in [0.2, 0.25) is 0 Å². The second-order valence-corrected chi connectivity index (χ2v) is 8.88. The average Bonchev–Trinajstić information content (AvgIpc) is 2.69. The standard InChI is InChI=1S/C24H23NO4S/c1-17-9-12-22(13-10-17)30(28,29)25(24-18(2)15-21(26)16-19(24)3)23(27)14-11-20-7-5-4-6-8-20/h4-16,26H,1-3H3. The Bertz CT molecular complexity index is 1170. The first-order valence-corrected chi connectivity index (χ1v) is 10.8. The van der Waals surface area contributed by atoms with E-state index >= 15 is 0 Å². The number of phenols is 1. The summed E-state index contributed by atoms with van der Waals surface area (Å²) in [6.45, 7) is 5.18. The largest absolute Gasteiger partial charge is 0.508 e. The predicted molar refractivity (Wildman–Crippen MR) is 119 cm³/mol. The molecule has 0 heterocycles. The molecule has 0 aliphatic carbocycles. The molecule has 0 aromatic heterocycles. The van der Waals surface area contributed by atoms with Crippen molar-refractivity contribution >= 4 is 27.7 Å². The lowest BCUT2D eigenvalue weighted by atomic mass is 10.1. The fourth-order valence-electron chi connectivity index (χ4n) is 3.22. The molecule has 0 bridgehead atoms. The summed E-state index contributed by atoms with van der Waals surface area (Å²) in [6, 6.07) is 18.4. The number of benzene rings is 3. The predicted octanol–water partition coefficient (Wildman–Crippen LogP) is 4.75. The summed E-state index contributed by atoms with van der Waals surface area (Å²) < 4.78 is 27.8. The Labute approximate surface area is 177 Å². The maximum atomic E-state index is 13.5. The number of carbonyl (C=O) groups is 1. The van der Waals surface area contributed by atoms with Gasteiger partial charge >= 0.3 is 0 Å². The minimum absolute atomic E-state index is 0.00807. The van der Waals surface area contributed by atoms with Gasteiger partial charge in [0.05, 0.1) is 10.6 Å². The number of hydrogen-bond acceptors (Lipinski definition) is 4. The van der Waals surface area contributed by atoms with E-state index in [1.807, 2.05) is 37.3 Å². The number of rotatable bonds is 5. The van der Waals surface area contributed by atoms with Gasteiger partial charge in [-0.1, -0.05) is 48.0 Å². The lowest BCUT2D eigenvalue weighted by Gasteiger charge is -2.25. The molecule has 1 N–H and O–H groups in total. The van der Waals surface area contributed by atoms with Crippen molar-refractivity contribution in [1.82, 2.24) is 0 Å². The molecular weight excluding hydrogens is 398 g/mol. The lowest BCUT2D eigenvalue weighted by molar-refractivity contribution is -0.113. The molecule has 6 heteroatoms. The van der Waals surface area contributed by atoms with Crippen LogP contribution in [0.1, 0.15) is 22.3 Å². The molecule has 0 aliphatic heterocycles. The van der Waals surface area contributed by atoms with Gasteiger partial charge in [-0.25, -0.2) is 8.42 Å². The number of anilines is 1. The van der Waals surface area contributed by atoms with Crippen LogP contribution < -0.4 is 4.31 Å². The quantitative estimate of drug-likeness (QED) is 0.603. The van der Waals surface area contributed by atoms with Crippen molar-refractivity contribution in [1.29, 1.82) is 0 Å². The Morgan fingerprint density at radius 1 is 0.900 bits per heavy atom. The van der Waals surface area contributed by atoms with Crippen molar-refractivity contribution in [2.45, 2.75) is 25.7 Å². The van der Waals surface area contributed by atoms with Gasteiger partial charge in [0, 0.05) is 6.08 Å². The zero-order valence-electron chi connectivity index (χ0n) is 17.0. The van der Waals surface area contributed by atoms with Crippen LogP contribution in [0.25, 0.3) is 6.08 Å². The Hall–Kier alpha value is -3.38. The first kappa shape index (κ1) is 21.3. The molecule has 0 saturated heterocycles. The number of hydrogen-bond donors (Lipinski definition) is 1. The van der Waals surface area contributed by atoms with Crippen LogP contribution in [0, 0.1) is 20.8 Å². The van der Waals surface area contributed by atoms with Gasteiger partial charge in [0.15, 0.2) is 0 Å². The van der Waals surface area contributed by atoms with E-state index in [1.54, 1.807) is 32.1 Å². The van der Waals surface area contributed by atoms with Crippen LogP contribution >= 0.6 is 0 Å². The highest BCUT2D eigenvalue weighted by Gasteiger charge is 2.32. The number of aromatic hydroxyl groups is 1. The fourth-order valence-corrected chi connectivity index (χ4v) is 4.73. The lowest BCUT2D eigenvalue weighted by Crippen LogP contribution is -2.37. The summed E-state index contributed by atoms with van der Waals surface area (Å²) in [7, 11) is -4.18. The Balaban J connectivity index is 2.15. The van der Waals surface area contributed by atoms with Gasteiger partial charge in [-0.3, -0.25) is 4.79 Å². The molecule has 0 unspecified atom stereocenters. The van der Waals surface area contributed by atoms with Gasteiger partial charge in [-0.05, 0) is 67.8 Å².